The van der Waals surface area contributed by atoms with E-state index in [1.54, 1.807) is 11.8 Å². The molecule has 0 unspecified atom stereocenters. The number of hydrogen-bond acceptors (Lipinski definition) is 7. The number of fused-ring (bicyclic) bond motifs is 2. The van der Waals surface area contributed by atoms with Crippen molar-refractivity contribution in [2.45, 2.75) is 50.8 Å². The largest absolute Gasteiger partial charge is 0.454 e. The van der Waals surface area contributed by atoms with Gasteiger partial charge in [-0.2, -0.15) is 0 Å². The number of nitrogens with zero attached hydrogens (tertiary/aromatic N) is 3. The fourth-order valence-electron chi connectivity index (χ4n) is 5.99. The van der Waals surface area contributed by atoms with Gasteiger partial charge in [-0.1, -0.05) is 67.9 Å². The first kappa shape index (κ1) is 29.3. The van der Waals surface area contributed by atoms with Gasteiger partial charge < -0.3 is 23.5 Å². The predicted molar refractivity (Wildman–Crippen MR) is 178 cm³/mol. The maximum atomic E-state index is 5.73. The summed E-state index contributed by atoms with van der Waals surface area (Å²) in [6.07, 6.45) is 4.28. The lowest BCUT2D eigenvalue weighted by Crippen LogP contribution is -2.24. The van der Waals surface area contributed by atoms with Gasteiger partial charge in [0.2, 0.25) is 13.6 Å². The lowest BCUT2D eigenvalue weighted by atomic mass is 10.1. The SMILES string of the molecule is CCCCn1c(-c2ccccc2)nc(-c2cccc(SC)c2)c1CN(Cc1ccc2c(c1)OCO2)Cc1ccc2c(c1)OCO2. The van der Waals surface area contributed by atoms with Crippen LogP contribution in [0.1, 0.15) is 36.6 Å². The van der Waals surface area contributed by atoms with Crippen LogP contribution in [0.4, 0.5) is 0 Å². The van der Waals surface area contributed by atoms with Gasteiger partial charge in [0.25, 0.3) is 0 Å². The minimum absolute atomic E-state index is 0.261. The van der Waals surface area contributed by atoms with E-state index in [1.807, 2.05) is 12.1 Å². The van der Waals surface area contributed by atoms with Crippen molar-refractivity contribution < 1.29 is 18.9 Å². The molecule has 4 aromatic carbocycles. The molecule has 0 spiro atoms. The molecule has 0 radical (unpaired) electrons. The molecule has 0 N–H and O–H groups in total. The Labute approximate surface area is 268 Å². The third-order valence-corrected chi connectivity index (χ3v) is 8.97. The van der Waals surface area contributed by atoms with Crippen molar-refractivity contribution in [2.24, 2.45) is 0 Å². The molecule has 0 fully saturated rings. The second-order valence-electron chi connectivity index (χ2n) is 11.4. The molecule has 5 aromatic rings. The van der Waals surface area contributed by atoms with E-state index in [0.717, 1.165) is 89.2 Å². The Morgan fingerprint density at radius 2 is 1.36 bits per heavy atom. The average Bonchev–Trinajstić information content (AvgIpc) is 3.83. The van der Waals surface area contributed by atoms with Gasteiger partial charge >= 0.3 is 0 Å². The van der Waals surface area contributed by atoms with E-state index in [4.69, 9.17) is 23.9 Å². The molecule has 0 amide bonds. The van der Waals surface area contributed by atoms with E-state index in [1.165, 1.54) is 10.6 Å². The molecule has 7 nitrogen and oxygen atoms in total. The van der Waals surface area contributed by atoms with Crippen LogP contribution in [-0.2, 0) is 26.2 Å². The molecule has 7 rings (SSSR count). The molecule has 230 valence electrons. The van der Waals surface area contributed by atoms with Gasteiger partial charge in [0, 0.05) is 42.2 Å². The van der Waals surface area contributed by atoms with E-state index in [2.05, 4.69) is 102 Å². The Morgan fingerprint density at radius 3 is 2.00 bits per heavy atom. The van der Waals surface area contributed by atoms with Gasteiger partial charge in [-0.15, -0.1) is 11.8 Å². The summed E-state index contributed by atoms with van der Waals surface area (Å²) >= 11 is 1.75. The number of aromatic nitrogens is 2. The smallest absolute Gasteiger partial charge is 0.231 e. The van der Waals surface area contributed by atoms with Gasteiger partial charge in [-0.05, 0) is 60.2 Å². The van der Waals surface area contributed by atoms with Crippen molar-refractivity contribution in [1.82, 2.24) is 14.5 Å². The van der Waals surface area contributed by atoms with Crippen LogP contribution in [0.25, 0.3) is 22.6 Å². The number of benzene rings is 4. The van der Waals surface area contributed by atoms with Gasteiger partial charge in [-0.25, -0.2) is 4.98 Å². The standard InChI is InChI=1S/C37H37N3O4S/c1-3-4-17-40-31(36(29-11-8-12-30(20-29)45-2)38-37(40)28-9-6-5-7-10-28)23-39(21-26-13-15-32-34(18-26)43-24-41-32)22-27-14-16-33-35(19-27)44-25-42-33/h5-16,18-20H,3-4,17,21-25H2,1-2H3. The van der Waals surface area contributed by atoms with Crippen molar-refractivity contribution in [3.05, 3.63) is 108 Å². The highest BCUT2D eigenvalue weighted by Gasteiger charge is 2.24. The first-order chi connectivity index (χ1) is 22.2. The van der Waals surface area contributed by atoms with E-state index in [0.29, 0.717) is 6.54 Å². The van der Waals surface area contributed by atoms with Crippen LogP contribution in [0.5, 0.6) is 23.0 Å². The highest BCUT2D eigenvalue weighted by atomic mass is 32.2. The van der Waals surface area contributed by atoms with Gasteiger partial charge in [0.05, 0.1) is 11.4 Å². The van der Waals surface area contributed by atoms with Gasteiger partial charge in [0.1, 0.15) is 5.82 Å². The number of rotatable bonds is 12. The van der Waals surface area contributed by atoms with E-state index in [9.17, 15) is 0 Å². The normalized spacial score (nSPS) is 13.1. The third kappa shape index (κ3) is 6.39. The van der Waals surface area contributed by atoms with Crippen LogP contribution < -0.4 is 18.9 Å². The fourth-order valence-corrected chi connectivity index (χ4v) is 6.45. The summed E-state index contributed by atoms with van der Waals surface area (Å²) in [6, 6.07) is 31.8. The summed E-state index contributed by atoms with van der Waals surface area (Å²) in [6.45, 7) is 5.80. The Kier molecular flexibility index (Phi) is 8.67. The maximum absolute atomic E-state index is 5.73. The molecule has 1 aromatic heterocycles. The Hall–Kier alpha value is -4.40. The monoisotopic (exact) mass is 619 g/mol. The summed E-state index contributed by atoms with van der Waals surface area (Å²) in [5.41, 5.74) is 6.82. The molecule has 3 heterocycles. The van der Waals surface area contributed by atoms with Crippen molar-refractivity contribution in [2.75, 3.05) is 19.8 Å². The number of ether oxygens (including phenoxy) is 4. The van der Waals surface area contributed by atoms with E-state index >= 15 is 0 Å². The first-order valence-electron chi connectivity index (χ1n) is 15.5. The second kappa shape index (κ2) is 13.3. The number of thioether (sulfide) groups is 1. The van der Waals surface area contributed by atoms with Gasteiger partial charge in [-0.3, -0.25) is 4.90 Å². The summed E-state index contributed by atoms with van der Waals surface area (Å²) in [5.74, 6) is 4.19. The Bertz CT molecular complexity index is 1730. The topological polar surface area (TPSA) is 58.0 Å². The zero-order valence-corrected chi connectivity index (χ0v) is 26.5. The number of unbranched alkanes of at least 4 members (excludes halogenated alkanes) is 1. The summed E-state index contributed by atoms with van der Waals surface area (Å²) < 4.78 is 25.1. The molecular formula is C37H37N3O4S. The molecule has 2 aliphatic rings. The Balaban J connectivity index is 1.33. The summed E-state index contributed by atoms with van der Waals surface area (Å²) in [7, 11) is 0. The highest BCUT2D eigenvalue weighted by molar-refractivity contribution is 7.98. The lowest BCUT2D eigenvalue weighted by Gasteiger charge is -2.25. The van der Waals surface area contributed by atoms with Crippen molar-refractivity contribution in [3.63, 3.8) is 0 Å². The zero-order valence-electron chi connectivity index (χ0n) is 25.7. The van der Waals surface area contributed by atoms with E-state index < -0.39 is 0 Å². The van der Waals surface area contributed by atoms with Crippen LogP contribution in [0.2, 0.25) is 0 Å². The van der Waals surface area contributed by atoms with Crippen molar-refractivity contribution >= 4 is 11.8 Å². The summed E-state index contributed by atoms with van der Waals surface area (Å²) in [4.78, 5) is 9.09. The molecule has 45 heavy (non-hydrogen) atoms. The Morgan fingerprint density at radius 1 is 0.711 bits per heavy atom. The van der Waals surface area contributed by atoms with Crippen molar-refractivity contribution in [3.8, 4) is 45.6 Å². The maximum Gasteiger partial charge on any atom is 0.231 e. The van der Waals surface area contributed by atoms with Crippen LogP contribution in [0.3, 0.4) is 0 Å². The second-order valence-corrected chi connectivity index (χ2v) is 12.2. The number of imidazole rings is 1. The molecule has 0 aliphatic carbocycles. The third-order valence-electron chi connectivity index (χ3n) is 8.24. The quantitative estimate of drug-likeness (QED) is 0.130. The molecule has 0 bridgehead atoms. The first-order valence-corrected chi connectivity index (χ1v) is 16.7. The fraction of sp³-hybridized carbons (Fsp3) is 0.270. The summed E-state index contributed by atoms with van der Waals surface area (Å²) in [5, 5.41) is 0. The molecule has 2 aliphatic heterocycles. The molecule has 0 atom stereocenters. The van der Waals surface area contributed by atoms with Crippen LogP contribution in [0.15, 0.2) is 95.9 Å². The zero-order chi connectivity index (χ0) is 30.6. The minimum Gasteiger partial charge on any atom is -0.454 e. The van der Waals surface area contributed by atoms with E-state index in [-0.39, 0.29) is 13.6 Å². The number of hydrogen-bond donors (Lipinski definition) is 0. The molecule has 8 heteroatoms. The highest BCUT2D eigenvalue weighted by Crippen LogP contribution is 2.37. The van der Waals surface area contributed by atoms with Crippen LogP contribution in [-0.4, -0.2) is 34.3 Å². The molecule has 0 saturated carbocycles. The van der Waals surface area contributed by atoms with Crippen LogP contribution >= 0.6 is 11.8 Å². The minimum atomic E-state index is 0.261. The molecular weight excluding hydrogens is 582 g/mol. The predicted octanol–water partition coefficient (Wildman–Crippen LogP) is 8.40. The van der Waals surface area contributed by atoms with Crippen LogP contribution in [0, 0.1) is 0 Å². The molecule has 0 saturated heterocycles. The average molecular weight is 620 g/mol. The van der Waals surface area contributed by atoms with Gasteiger partial charge in [0.15, 0.2) is 23.0 Å². The lowest BCUT2D eigenvalue weighted by molar-refractivity contribution is 0.173. The van der Waals surface area contributed by atoms with Crippen molar-refractivity contribution in [1.29, 1.82) is 0 Å².